The lowest BCUT2D eigenvalue weighted by atomic mass is 10.1. The zero-order valence-corrected chi connectivity index (χ0v) is 9.50. The quantitative estimate of drug-likeness (QED) is 0.877. The predicted octanol–water partition coefficient (Wildman–Crippen LogP) is 2.82. The lowest BCUT2D eigenvalue weighted by molar-refractivity contribution is 1.07. The maximum Gasteiger partial charge on any atom is 0.0795 e. The zero-order valence-electron chi connectivity index (χ0n) is 8.68. The van der Waals surface area contributed by atoms with Gasteiger partial charge in [-0.1, -0.05) is 12.1 Å². The summed E-state index contributed by atoms with van der Waals surface area (Å²) in [4.78, 5) is 4.19. The molecule has 2 aromatic rings. The van der Waals surface area contributed by atoms with E-state index in [2.05, 4.69) is 16.4 Å². The van der Waals surface area contributed by atoms with Crippen molar-refractivity contribution >= 4 is 17.0 Å². The van der Waals surface area contributed by atoms with E-state index in [1.807, 2.05) is 35.2 Å². The van der Waals surface area contributed by atoms with Crippen molar-refractivity contribution in [1.82, 2.24) is 4.98 Å². The van der Waals surface area contributed by atoms with Gasteiger partial charge in [0.25, 0.3) is 0 Å². The molecule has 2 rings (SSSR count). The van der Waals surface area contributed by atoms with Crippen molar-refractivity contribution in [2.75, 3.05) is 5.32 Å². The van der Waals surface area contributed by atoms with Crippen molar-refractivity contribution in [2.24, 2.45) is 0 Å². The van der Waals surface area contributed by atoms with Gasteiger partial charge in [-0.15, -0.1) is 11.3 Å². The first-order chi connectivity index (χ1) is 7.88. The molecule has 0 saturated heterocycles. The Labute approximate surface area is 98.4 Å². The highest BCUT2D eigenvalue weighted by Crippen LogP contribution is 2.11. The molecule has 0 amide bonds. The lowest BCUT2D eigenvalue weighted by Gasteiger charge is -2.04. The van der Waals surface area contributed by atoms with Crippen molar-refractivity contribution in [3.8, 4) is 6.07 Å². The Hall–Kier alpha value is -1.86. The maximum atomic E-state index is 8.54. The van der Waals surface area contributed by atoms with Gasteiger partial charge in [0.2, 0.25) is 0 Å². The summed E-state index contributed by atoms with van der Waals surface area (Å²) in [5, 5.41) is 13.8. The van der Waals surface area contributed by atoms with Crippen molar-refractivity contribution < 1.29 is 0 Å². The van der Waals surface area contributed by atoms with Crippen molar-refractivity contribution in [3.05, 3.63) is 46.4 Å². The Balaban J connectivity index is 1.93. The van der Waals surface area contributed by atoms with Crippen LogP contribution in [0.2, 0.25) is 0 Å². The highest BCUT2D eigenvalue weighted by Gasteiger charge is 1.96. The molecule has 16 heavy (non-hydrogen) atoms. The van der Waals surface area contributed by atoms with Crippen LogP contribution in [-0.4, -0.2) is 4.98 Å². The van der Waals surface area contributed by atoms with E-state index in [-0.39, 0.29) is 0 Å². The maximum absolute atomic E-state index is 8.54. The van der Waals surface area contributed by atoms with E-state index in [9.17, 15) is 0 Å². The molecular formula is C12H11N3S. The minimum absolute atomic E-state index is 0.465. The van der Waals surface area contributed by atoms with Gasteiger partial charge in [0.05, 0.1) is 30.2 Å². The summed E-state index contributed by atoms with van der Waals surface area (Å²) in [6.45, 7) is 0.737. The summed E-state index contributed by atoms with van der Waals surface area (Å²) in [5.41, 5.74) is 4.97. The van der Waals surface area contributed by atoms with Crippen LogP contribution in [0, 0.1) is 11.3 Å². The second kappa shape index (κ2) is 5.29. The van der Waals surface area contributed by atoms with Gasteiger partial charge < -0.3 is 5.32 Å². The van der Waals surface area contributed by atoms with Crippen LogP contribution in [0.3, 0.4) is 0 Å². The molecule has 0 bridgehead atoms. The second-order valence-electron chi connectivity index (χ2n) is 3.37. The first-order valence-electron chi connectivity index (χ1n) is 4.95. The lowest BCUT2D eigenvalue weighted by Crippen LogP contribution is -1.99. The van der Waals surface area contributed by atoms with Crippen LogP contribution in [0.15, 0.2) is 35.2 Å². The van der Waals surface area contributed by atoms with E-state index in [0.717, 1.165) is 23.5 Å². The van der Waals surface area contributed by atoms with Gasteiger partial charge in [-0.25, -0.2) is 4.98 Å². The molecule has 80 valence electrons. The number of nitrogens with zero attached hydrogens (tertiary/aromatic N) is 2. The average Bonchev–Trinajstić information content (AvgIpc) is 2.82. The minimum atomic E-state index is 0.465. The zero-order chi connectivity index (χ0) is 11.2. The first kappa shape index (κ1) is 10.7. The fraction of sp³-hybridized carbons (Fsp3) is 0.167. The Morgan fingerprint density at radius 2 is 2.12 bits per heavy atom. The molecule has 0 aliphatic rings. The Morgan fingerprint density at radius 3 is 2.75 bits per heavy atom. The topological polar surface area (TPSA) is 48.7 Å². The standard InChI is InChI=1S/C12H11N3S/c13-6-5-10-1-3-11(4-2-10)14-7-12-8-16-9-15-12/h1-4,8-9,14H,5,7H2. The van der Waals surface area contributed by atoms with Gasteiger partial charge in [0.1, 0.15) is 0 Å². The molecule has 0 aliphatic carbocycles. The second-order valence-corrected chi connectivity index (χ2v) is 4.08. The Morgan fingerprint density at radius 1 is 1.31 bits per heavy atom. The summed E-state index contributed by atoms with van der Waals surface area (Å²) >= 11 is 1.60. The molecule has 0 fully saturated rings. The average molecular weight is 229 g/mol. The van der Waals surface area contributed by atoms with Gasteiger partial charge in [-0.3, -0.25) is 0 Å². The van der Waals surface area contributed by atoms with E-state index >= 15 is 0 Å². The summed E-state index contributed by atoms with van der Waals surface area (Å²) in [5.74, 6) is 0. The third-order valence-electron chi connectivity index (χ3n) is 2.19. The van der Waals surface area contributed by atoms with Crippen LogP contribution in [0.1, 0.15) is 11.3 Å². The summed E-state index contributed by atoms with van der Waals surface area (Å²) in [6.07, 6.45) is 0.465. The first-order valence-corrected chi connectivity index (χ1v) is 5.89. The number of aromatic nitrogens is 1. The molecule has 0 aliphatic heterocycles. The fourth-order valence-electron chi connectivity index (χ4n) is 1.35. The van der Waals surface area contributed by atoms with E-state index in [0.29, 0.717) is 6.42 Å². The highest BCUT2D eigenvalue weighted by molar-refractivity contribution is 7.07. The third-order valence-corrected chi connectivity index (χ3v) is 2.83. The van der Waals surface area contributed by atoms with Crippen LogP contribution in [0.4, 0.5) is 5.69 Å². The van der Waals surface area contributed by atoms with Crippen LogP contribution in [0.25, 0.3) is 0 Å². The number of hydrogen-bond donors (Lipinski definition) is 1. The van der Waals surface area contributed by atoms with Gasteiger partial charge in [0.15, 0.2) is 0 Å². The van der Waals surface area contributed by atoms with Gasteiger partial charge in [0, 0.05) is 11.1 Å². The molecule has 0 radical (unpaired) electrons. The molecule has 3 nitrogen and oxygen atoms in total. The summed E-state index contributed by atoms with van der Waals surface area (Å²) < 4.78 is 0. The molecule has 0 saturated carbocycles. The fourth-order valence-corrected chi connectivity index (χ4v) is 1.91. The predicted molar refractivity (Wildman–Crippen MR) is 65.2 cm³/mol. The SMILES string of the molecule is N#CCc1ccc(NCc2cscn2)cc1. The number of hydrogen-bond acceptors (Lipinski definition) is 4. The van der Waals surface area contributed by atoms with Crippen LogP contribution in [-0.2, 0) is 13.0 Å². The van der Waals surface area contributed by atoms with Gasteiger partial charge >= 0.3 is 0 Å². The monoisotopic (exact) mass is 229 g/mol. The number of benzene rings is 1. The van der Waals surface area contributed by atoms with Gasteiger partial charge in [-0.05, 0) is 17.7 Å². The summed E-state index contributed by atoms with van der Waals surface area (Å²) in [7, 11) is 0. The molecule has 0 spiro atoms. The van der Waals surface area contributed by atoms with Crippen molar-refractivity contribution in [3.63, 3.8) is 0 Å². The molecule has 0 unspecified atom stereocenters. The molecule has 1 aromatic carbocycles. The molecule has 1 heterocycles. The Bertz CT molecular complexity index is 468. The number of thiazole rings is 1. The number of anilines is 1. The minimum Gasteiger partial charge on any atom is -0.379 e. The van der Waals surface area contributed by atoms with Crippen molar-refractivity contribution in [2.45, 2.75) is 13.0 Å². The van der Waals surface area contributed by atoms with E-state index in [4.69, 9.17) is 5.26 Å². The van der Waals surface area contributed by atoms with Crippen LogP contribution in [0.5, 0.6) is 0 Å². The van der Waals surface area contributed by atoms with Crippen molar-refractivity contribution in [1.29, 1.82) is 5.26 Å². The van der Waals surface area contributed by atoms with Crippen LogP contribution < -0.4 is 5.32 Å². The molecule has 1 aromatic heterocycles. The number of nitriles is 1. The molecule has 4 heteroatoms. The molecule has 0 atom stereocenters. The highest BCUT2D eigenvalue weighted by atomic mass is 32.1. The molecular weight excluding hydrogens is 218 g/mol. The molecule has 1 N–H and O–H groups in total. The normalized spacial score (nSPS) is 9.69. The van der Waals surface area contributed by atoms with Gasteiger partial charge in [-0.2, -0.15) is 5.26 Å². The third kappa shape index (κ3) is 2.81. The van der Waals surface area contributed by atoms with Crippen LogP contribution >= 0.6 is 11.3 Å². The number of nitrogens with one attached hydrogen (secondary N) is 1. The largest absolute Gasteiger partial charge is 0.379 e. The van der Waals surface area contributed by atoms with E-state index < -0.39 is 0 Å². The number of rotatable bonds is 4. The van der Waals surface area contributed by atoms with E-state index in [1.165, 1.54) is 0 Å². The summed E-state index contributed by atoms with van der Waals surface area (Å²) in [6, 6.07) is 10.0. The smallest absolute Gasteiger partial charge is 0.0795 e. The van der Waals surface area contributed by atoms with E-state index in [1.54, 1.807) is 11.3 Å². The Kier molecular flexibility index (Phi) is 3.52.